The lowest BCUT2D eigenvalue weighted by molar-refractivity contribution is 0.0718. The molecular weight excluding hydrogens is 441 g/mol. The number of anilines is 2. The van der Waals surface area contributed by atoms with Crippen molar-refractivity contribution in [1.29, 1.82) is 0 Å². The van der Waals surface area contributed by atoms with Gasteiger partial charge in [0.1, 0.15) is 5.82 Å². The number of halogens is 3. The fraction of sp³-hybridized carbons (Fsp3) is 0.455. The zero-order valence-corrected chi connectivity index (χ0v) is 18.4. The van der Waals surface area contributed by atoms with E-state index in [9.17, 15) is 16.5 Å². The van der Waals surface area contributed by atoms with E-state index in [4.69, 9.17) is 10.5 Å². The van der Waals surface area contributed by atoms with Crippen molar-refractivity contribution in [3.8, 4) is 0 Å². The van der Waals surface area contributed by atoms with Crippen LogP contribution in [0.15, 0.2) is 41.4 Å². The number of likely N-dealkylation sites (tertiary alicyclic amines) is 1. The molecule has 1 amide bonds. The summed E-state index contributed by atoms with van der Waals surface area (Å²) in [5, 5.41) is 3.47. The van der Waals surface area contributed by atoms with Crippen LogP contribution in [0.5, 0.6) is 0 Å². The molecule has 1 aromatic heterocycles. The third-order valence-electron chi connectivity index (χ3n) is 6.14. The number of benzene rings is 1. The van der Waals surface area contributed by atoms with E-state index in [0.717, 1.165) is 62.3 Å². The van der Waals surface area contributed by atoms with Gasteiger partial charge in [-0.05, 0) is 67.5 Å². The maximum atomic E-state index is 12.8. The molecule has 0 saturated carbocycles. The maximum absolute atomic E-state index is 12.8. The van der Waals surface area contributed by atoms with Gasteiger partial charge in [0.25, 0.3) is 5.91 Å². The van der Waals surface area contributed by atoms with E-state index in [2.05, 4.69) is 16.4 Å². The number of hydrogen-bond donors (Lipinski definition) is 2. The highest BCUT2D eigenvalue weighted by Crippen LogP contribution is 2.60. The highest BCUT2D eigenvalue weighted by Gasteiger charge is 2.27. The number of nitrogens with one attached hydrogen (secondary N) is 1. The van der Waals surface area contributed by atoms with Crippen molar-refractivity contribution in [3.63, 3.8) is 0 Å². The average Bonchev–Trinajstić information content (AvgIpc) is 2.81. The summed E-state index contributed by atoms with van der Waals surface area (Å²) >= 11 is -5.28. The molecule has 2 saturated heterocycles. The molecular formula is C22H27F3N4O2S. The number of pyridine rings is 1. The molecule has 2 aliphatic rings. The Morgan fingerprint density at radius 1 is 1.09 bits per heavy atom. The SMILES string of the molecule is Nc1ncc(C2CCOCC2)cc1NC1CCN(C(=O)c2ccc(S(F)(F)F)cc2)CC1. The Balaban J connectivity index is 1.34. The van der Waals surface area contributed by atoms with Crippen LogP contribution in [-0.2, 0) is 4.74 Å². The van der Waals surface area contributed by atoms with Crippen LogP contribution in [0.4, 0.5) is 23.2 Å². The minimum Gasteiger partial charge on any atom is -0.382 e. The summed E-state index contributed by atoms with van der Waals surface area (Å²) < 4.78 is 43.9. The van der Waals surface area contributed by atoms with E-state index in [0.29, 0.717) is 24.8 Å². The van der Waals surface area contributed by atoms with Crippen LogP contribution in [0.3, 0.4) is 0 Å². The molecule has 4 rings (SSSR count). The topological polar surface area (TPSA) is 80.5 Å². The molecule has 0 unspecified atom stereocenters. The number of nitrogens with two attached hydrogens (primary N) is 1. The number of aromatic nitrogens is 1. The Bertz CT molecular complexity index is 941. The van der Waals surface area contributed by atoms with Crippen molar-refractivity contribution >= 4 is 28.6 Å². The molecule has 3 N–H and O–H groups in total. The molecule has 0 bridgehead atoms. The monoisotopic (exact) mass is 468 g/mol. The van der Waals surface area contributed by atoms with E-state index in [1.165, 1.54) is 12.1 Å². The first-order chi connectivity index (χ1) is 15.3. The lowest BCUT2D eigenvalue weighted by Crippen LogP contribution is -2.42. The predicted molar refractivity (Wildman–Crippen MR) is 120 cm³/mol. The first-order valence-corrected chi connectivity index (χ1v) is 12.1. The number of nitrogen functional groups attached to an aromatic ring is 1. The molecule has 174 valence electrons. The normalized spacial score (nSPS) is 19.0. The van der Waals surface area contributed by atoms with Crippen LogP contribution in [-0.4, -0.2) is 48.1 Å². The molecule has 3 heterocycles. The zero-order valence-electron chi connectivity index (χ0n) is 17.6. The third kappa shape index (κ3) is 5.29. The quantitative estimate of drug-likeness (QED) is 0.639. The Kier molecular flexibility index (Phi) is 6.80. The summed E-state index contributed by atoms with van der Waals surface area (Å²) in [5.41, 5.74) is 8.33. The van der Waals surface area contributed by atoms with Crippen LogP contribution < -0.4 is 11.1 Å². The highest BCUT2D eigenvalue weighted by atomic mass is 32.3. The Labute approximate surface area is 187 Å². The van der Waals surface area contributed by atoms with Crippen molar-refractivity contribution in [2.24, 2.45) is 0 Å². The van der Waals surface area contributed by atoms with Gasteiger partial charge in [-0.15, -0.1) is 11.7 Å². The molecule has 2 aromatic rings. The predicted octanol–water partition coefficient (Wildman–Crippen LogP) is 5.09. The van der Waals surface area contributed by atoms with E-state index in [1.807, 2.05) is 6.20 Å². The molecule has 6 nitrogen and oxygen atoms in total. The molecule has 0 atom stereocenters. The molecule has 0 spiro atoms. The molecule has 32 heavy (non-hydrogen) atoms. The number of rotatable bonds is 5. The second-order valence-electron chi connectivity index (χ2n) is 8.23. The highest BCUT2D eigenvalue weighted by molar-refractivity contribution is 8.20. The molecule has 2 fully saturated rings. The van der Waals surface area contributed by atoms with Crippen LogP contribution in [0.2, 0.25) is 0 Å². The van der Waals surface area contributed by atoms with Crippen LogP contribution in [0.1, 0.15) is 47.5 Å². The summed E-state index contributed by atoms with van der Waals surface area (Å²) in [6.45, 7) is 2.56. The van der Waals surface area contributed by atoms with Gasteiger partial charge >= 0.3 is 0 Å². The average molecular weight is 469 g/mol. The Morgan fingerprint density at radius 2 is 1.75 bits per heavy atom. The number of carbonyl (C=O) groups is 1. The number of nitrogens with zero attached hydrogens (tertiary/aromatic N) is 2. The van der Waals surface area contributed by atoms with E-state index in [1.54, 1.807) is 4.90 Å². The first-order valence-electron chi connectivity index (χ1n) is 10.7. The van der Waals surface area contributed by atoms with Crippen LogP contribution >= 0.6 is 11.2 Å². The maximum Gasteiger partial charge on any atom is 0.253 e. The summed E-state index contributed by atoms with van der Waals surface area (Å²) in [7, 11) is 0. The fourth-order valence-corrected chi connectivity index (χ4v) is 4.69. The van der Waals surface area contributed by atoms with Gasteiger partial charge in [0, 0.05) is 44.1 Å². The lowest BCUT2D eigenvalue weighted by atomic mass is 9.92. The van der Waals surface area contributed by atoms with E-state index >= 15 is 0 Å². The van der Waals surface area contributed by atoms with E-state index in [-0.39, 0.29) is 17.5 Å². The van der Waals surface area contributed by atoms with Crippen molar-refractivity contribution in [2.75, 3.05) is 37.4 Å². The number of ether oxygens (including phenoxy) is 1. The standard InChI is InChI=1S/C22H27F3N4O2S/c23-32(24,25)19-3-1-16(2-4-19)22(30)29-9-5-18(6-10-29)28-20-13-17(14-27-21(20)26)15-7-11-31-12-8-15/h1-4,13-15,18,28H,5-12H2,(H2,26,27). The smallest absolute Gasteiger partial charge is 0.253 e. The number of piperidine rings is 1. The molecule has 2 aliphatic heterocycles. The largest absolute Gasteiger partial charge is 0.382 e. The van der Waals surface area contributed by atoms with Gasteiger partial charge in [-0.25, -0.2) is 4.98 Å². The minimum atomic E-state index is -5.28. The van der Waals surface area contributed by atoms with Gasteiger partial charge in [0.2, 0.25) is 11.2 Å². The third-order valence-corrected chi connectivity index (χ3v) is 6.95. The summed E-state index contributed by atoms with van der Waals surface area (Å²) in [6, 6.07) is 6.70. The lowest BCUT2D eigenvalue weighted by Gasteiger charge is -2.33. The van der Waals surface area contributed by atoms with Gasteiger partial charge in [-0.1, -0.05) is 0 Å². The first kappa shape index (κ1) is 22.7. The van der Waals surface area contributed by atoms with Crippen LogP contribution in [0, 0.1) is 0 Å². The summed E-state index contributed by atoms with van der Waals surface area (Å²) in [4.78, 5) is 18.1. The van der Waals surface area contributed by atoms with Crippen molar-refractivity contribution in [1.82, 2.24) is 9.88 Å². The van der Waals surface area contributed by atoms with E-state index < -0.39 is 16.1 Å². The number of hydrogen-bond acceptors (Lipinski definition) is 5. The van der Waals surface area contributed by atoms with Crippen LogP contribution in [0.25, 0.3) is 0 Å². The van der Waals surface area contributed by atoms with Gasteiger partial charge < -0.3 is 20.7 Å². The van der Waals surface area contributed by atoms with Gasteiger partial charge in [0.15, 0.2) is 0 Å². The van der Waals surface area contributed by atoms with Crippen molar-refractivity contribution < 1.29 is 21.2 Å². The second kappa shape index (κ2) is 9.58. The number of carbonyl (C=O) groups excluding carboxylic acids is 1. The number of amides is 1. The molecule has 10 heteroatoms. The van der Waals surface area contributed by atoms with Gasteiger partial charge in [-0.3, -0.25) is 4.79 Å². The summed E-state index contributed by atoms with van der Waals surface area (Å²) in [5.74, 6) is 0.628. The van der Waals surface area contributed by atoms with Gasteiger partial charge in [-0.2, -0.15) is 0 Å². The Morgan fingerprint density at radius 3 is 2.38 bits per heavy atom. The molecule has 0 aliphatic carbocycles. The van der Waals surface area contributed by atoms with Crippen molar-refractivity contribution in [2.45, 2.75) is 42.5 Å². The second-order valence-corrected chi connectivity index (χ2v) is 9.51. The summed E-state index contributed by atoms with van der Waals surface area (Å²) in [6.07, 6.45) is 5.21. The Hall–Kier alpha value is -2.46. The fourth-order valence-electron chi connectivity index (χ4n) is 4.24. The molecule has 0 radical (unpaired) electrons. The zero-order chi connectivity index (χ0) is 22.7. The molecule has 1 aromatic carbocycles. The minimum absolute atomic E-state index is 0.143. The van der Waals surface area contributed by atoms with Gasteiger partial charge in [0.05, 0.1) is 10.6 Å². The van der Waals surface area contributed by atoms with Crippen molar-refractivity contribution in [3.05, 3.63) is 47.7 Å².